The Kier molecular flexibility index (Phi) is 6.05. The lowest BCUT2D eigenvalue weighted by Crippen LogP contribution is -2.25. The maximum atomic E-state index is 13.8. The third-order valence-corrected chi connectivity index (χ3v) is 5.33. The molecule has 7 nitrogen and oxygen atoms in total. The molecule has 28 heavy (non-hydrogen) atoms. The summed E-state index contributed by atoms with van der Waals surface area (Å²) in [6.45, 7) is 0.440. The highest BCUT2D eigenvalue weighted by molar-refractivity contribution is 7.92. The van der Waals surface area contributed by atoms with E-state index in [9.17, 15) is 17.6 Å². The van der Waals surface area contributed by atoms with Crippen molar-refractivity contribution in [3.8, 4) is 0 Å². The summed E-state index contributed by atoms with van der Waals surface area (Å²) in [6, 6.07) is 11.1. The summed E-state index contributed by atoms with van der Waals surface area (Å²) in [7, 11) is -4.10. The standard InChI is InChI=1S/C19H18FN3O4S/c20-17-8-1-2-9-18(17)28(25,26)23-16-7-3-6-15(11-16)19(24)21-10-4-5-14-12-22-27-13-14/h1-3,6-9,11-13,23H,4-5,10H2,(H,21,24). The summed E-state index contributed by atoms with van der Waals surface area (Å²) in [5.74, 6) is -1.19. The number of anilines is 1. The predicted molar refractivity (Wildman–Crippen MR) is 101 cm³/mol. The van der Waals surface area contributed by atoms with Crippen molar-refractivity contribution in [3.05, 3.63) is 77.9 Å². The largest absolute Gasteiger partial charge is 0.364 e. The fourth-order valence-electron chi connectivity index (χ4n) is 2.54. The van der Waals surface area contributed by atoms with Crippen LogP contribution in [0.15, 0.2) is 70.4 Å². The first kappa shape index (κ1) is 19.6. The summed E-state index contributed by atoms with van der Waals surface area (Å²) in [5.41, 5.74) is 1.40. The zero-order valence-electron chi connectivity index (χ0n) is 14.8. The lowest BCUT2D eigenvalue weighted by atomic mass is 10.1. The van der Waals surface area contributed by atoms with E-state index < -0.39 is 20.7 Å². The topological polar surface area (TPSA) is 101 Å². The highest BCUT2D eigenvalue weighted by atomic mass is 32.2. The highest BCUT2D eigenvalue weighted by Gasteiger charge is 2.19. The molecule has 0 aliphatic rings. The number of sulfonamides is 1. The van der Waals surface area contributed by atoms with Gasteiger partial charge in [-0.15, -0.1) is 0 Å². The second-order valence-corrected chi connectivity index (χ2v) is 7.66. The molecule has 9 heteroatoms. The lowest BCUT2D eigenvalue weighted by Gasteiger charge is -2.10. The van der Waals surface area contributed by atoms with E-state index in [2.05, 4.69) is 15.2 Å². The normalized spacial score (nSPS) is 11.2. The molecule has 0 saturated heterocycles. The van der Waals surface area contributed by atoms with Crippen LogP contribution in [-0.2, 0) is 16.4 Å². The van der Waals surface area contributed by atoms with Crippen molar-refractivity contribution in [3.63, 3.8) is 0 Å². The zero-order valence-corrected chi connectivity index (χ0v) is 15.6. The summed E-state index contributed by atoms with van der Waals surface area (Å²) >= 11 is 0. The molecule has 1 amide bonds. The fraction of sp³-hybridized carbons (Fsp3) is 0.158. The van der Waals surface area contributed by atoms with Crippen LogP contribution < -0.4 is 10.0 Å². The molecule has 0 atom stereocenters. The van der Waals surface area contributed by atoms with Gasteiger partial charge in [0.25, 0.3) is 15.9 Å². The minimum atomic E-state index is -4.10. The Morgan fingerprint density at radius 3 is 2.71 bits per heavy atom. The molecule has 0 saturated carbocycles. The van der Waals surface area contributed by atoms with Gasteiger partial charge in [-0.1, -0.05) is 23.4 Å². The van der Waals surface area contributed by atoms with Crippen molar-refractivity contribution < 1.29 is 22.1 Å². The molecule has 0 radical (unpaired) electrons. The van der Waals surface area contributed by atoms with Gasteiger partial charge in [-0.2, -0.15) is 0 Å². The molecular weight excluding hydrogens is 385 g/mol. The number of nitrogens with zero attached hydrogens (tertiary/aromatic N) is 1. The van der Waals surface area contributed by atoms with Gasteiger partial charge in [0.15, 0.2) is 0 Å². The van der Waals surface area contributed by atoms with Crippen LogP contribution >= 0.6 is 0 Å². The van der Waals surface area contributed by atoms with Gasteiger partial charge in [-0.25, -0.2) is 12.8 Å². The number of carbonyl (C=O) groups is 1. The van der Waals surface area contributed by atoms with Crippen LogP contribution in [0.3, 0.4) is 0 Å². The molecule has 0 unspecified atom stereocenters. The Labute approximate surface area is 161 Å². The molecular formula is C19H18FN3O4S. The van der Waals surface area contributed by atoms with E-state index in [1.807, 2.05) is 0 Å². The summed E-state index contributed by atoms with van der Waals surface area (Å²) in [6.07, 6.45) is 4.58. The maximum absolute atomic E-state index is 13.8. The van der Waals surface area contributed by atoms with Crippen molar-refractivity contribution in [2.75, 3.05) is 11.3 Å². The first-order valence-corrected chi connectivity index (χ1v) is 9.98. The van der Waals surface area contributed by atoms with Gasteiger partial charge in [-0.05, 0) is 43.2 Å². The number of hydrogen-bond acceptors (Lipinski definition) is 5. The van der Waals surface area contributed by atoms with Gasteiger partial charge in [0, 0.05) is 23.4 Å². The molecule has 1 aromatic heterocycles. The number of benzene rings is 2. The Hall–Kier alpha value is -3.20. The van der Waals surface area contributed by atoms with Crippen LogP contribution in [0, 0.1) is 5.82 Å². The molecule has 146 valence electrons. The minimum Gasteiger partial charge on any atom is -0.364 e. The number of rotatable bonds is 8. The van der Waals surface area contributed by atoms with Crippen molar-refractivity contribution in [1.29, 1.82) is 0 Å². The molecule has 0 aliphatic carbocycles. The number of nitrogens with one attached hydrogen (secondary N) is 2. The average Bonchev–Trinajstić information content (AvgIpc) is 3.18. The van der Waals surface area contributed by atoms with Gasteiger partial charge in [0.1, 0.15) is 17.0 Å². The quantitative estimate of drug-likeness (QED) is 0.563. The molecule has 1 heterocycles. The van der Waals surface area contributed by atoms with Crippen LogP contribution in [0.1, 0.15) is 22.3 Å². The van der Waals surface area contributed by atoms with E-state index in [1.165, 1.54) is 30.3 Å². The first-order valence-electron chi connectivity index (χ1n) is 8.49. The number of hydrogen-bond donors (Lipinski definition) is 2. The summed E-state index contributed by atoms with van der Waals surface area (Å²) < 4.78 is 45.5. The Morgan fingerprint density at radius 2 is 1.96 bits per heavy atom. The van der Waals surface area contributed by atoms with E-state index in [0.29, 0.717) is 24.9 Å². The number of aryl methyl sites for hydroxylation is 1. The predicted octanol–water partition coefficient (Wildman–Crippen LogP) is 2.98. The molecule has 0 aliphatic heterocycles. The Morgan fingerprint density at radius 1 is 1.14 bits per heavy atom. The molecule has 0 spiro atoms. The van der Waals surface area contributed by atoms with Crippen LogP contribution in [0.2, 0.25) is 0 Å². The first-order chi connectivity index (χ1) is 13.5. The van der Waals surface area contributed by atoms with Crippen molar-refractivity contribution in [2.24, 2.45) is 0 Å². The number of carbonyl (C=O) groups excluding carboxylic acids is 1. The van der Waals surface area contributed by atoms with Gasteiger partial charge < -0.3 is 9.84 Å². The van der Waals surface area contributed by atoms with Crippen LogP contribution in [0.5, 0.6) is 0 Å². The number of amides is 1. The molecule has 2 aromatic carbocycles. The second-order valence-electron chi connectivity index (χ2n) is 6.01. The smallest absolute Gasteiger partial charge is 0.264 e. The van der Waals surface area contributed by atoms with E-state index in [4.69, 9.17) is 4.52 Å². The lowest BCUT2D eigenvalue weighted by molar-refractivity contribution is 0.0953. The van der Waals surface area contributed by atoms with Crippen LogP contribution in [0.4, 0.5) is 10.1 Å². The molecule has 3 aromatic rings. The SMILES string of the molecule is O=C(NCCCc1cnoc1)c1cccc(NS(=O)(=O)c2ccccc2F)c1. The third-order valence-electron chi connectivity index (χ3n) is 3.91. The van der Waals surface area contributed by atoms with E-state index in [1.54, 1.807) is 24.6 Å². The summed E-state index contributed by atoms with van der Waals surface area (Å²) in [5, 5.41) is 6.37. The fourth-order valence-corrected chi connectivity index (χ4v) is 3.67. The minimum absolute atomic E-state index is 0.167. The third kappa shape index (κ3) is 4.95. The van der Waals surface area contributed by atoms with Gasteiger partial charge in [0.2, 0.25) is 0 Å². The number of halogens is 1. The molecule has 0 bridgehead atoms. The van der Waals surface area contributed by atoms with Crippen LogP contribution in [0.25, 0.3) is 0 Å². The Bertz CT molecular complexity index is 1050. The monoisotopic (exact) mass is 403 g/mol. The summed E-state index contributed by atoms with van der Waals surface area (Å²) in [4.78, 5) is 11.8. The maximum Gasteiger partial charge on any atom is 0.264 e. The van der Waals surface area contributed by atoms with Crippen molar-refractivity contribution in [1.82, 2.24) is 10.5 Å². The van der Waals surface area contributed by atoms with Crippen molar-refractivity contribution in [2.45, 2.75) is 17.7 Å². The van der Waals surface area contributed by atoms with Gasteiger partial charge >= 0.3 is 0 Å². The Balaban J connectivity index is 1.61. The highest BCUT2D eigenvalue weighted by Crippen LogP contribution is 2.19. The van der Waals surface area contributed by atoms with E-state index >= 15 is 0 Å². The molecule has 2 N–H and O–H groups in total. The van der Waals surface area contributed by atoms with Gasteiger partial charge in [0.05, 0.1) is 6.20 Å². The van der Waals surface area contributed by atoms with E-state index in [0.717, 1.165) is 11.6 Å². The van der Waals surface area contributed by atoms with Crippen molar-refractivity contribution >= 4 is 21.6 Å². The second kappa shape index (κ2) is 8.66. The van der Waals surface area contributed by atoms with Gasteiger partial charge in [-0.3, -0.25) is 9.52 Å². The molecule has 0 fully saturated rings. The average molecular weight is 403 g/mol. The van der Waals surface area contributed by atoms with Crippen LogP contribution in [-0.4, -0.2) is 26.0 Å². The van der Waals surface area contributed by atoms with E-state index in [-0.39, 0.29) is 11.6 Å². The molecule has 3 rings (SSSR count). The number of aromatic nitrogens is 1. The zero-order chi connectivity index (χ0) is 20.0.